The molecular formula is C22H18N2O7. The fourth-order valence-corrected chi connectivity index (χ4v) is 2.59. The zero-order chi connectivity index (χ0) is 22.2. The maximum atomic E-state index is 12.2. The minimum atomic E-state index is -0.728. The molecule has 0 bridgehead atoms. The maximum absolute atomic E-state index is 12.2. The number of rotatable bonds is 8. The molecule has 3 aromatic rings. The van der Waals surface area contributed by atoms with Crippen molar-refractivity contribution in [3.8, 4) is 17.2 Å². The standard InChI is InChI=1S/C22H18N2O7/c1-29-18-11-12-20(24(27)28)19(13-18)23-21(25)14-30-22(26)15-7-9-17(10-8-15)31-16-5-3-2-4-6-16/h2-13H,14H2,1H3,(H,23,25). The summed E-state index contributed by atoms with van der Waals surface area (Å²) < 4.78 is 15.6. The van der Waals surface area contributed by atoms with Crippen molar-refractivity contribution in [3.05, 3.63) is 88.5 Å². The van der Waals surface area contributed by atoms with Crippen LogP contribution in [0.15, 0.2) is 72.8 Å². The Balaban J connectivity index is 1.57. The van der Waals surface area contributed by atoms with Crippen LogP contribution in [0, 0.1) is 10.1 Å². The van der Waals surface area contributed by atoms with E-state index in [9.17, 15) is 19.7 Å². The third-order valence-electron chi connectivity index (χ3n) is 4.08. The van der Waals surface area contributed by atoms with Crippen LogP contribution in [0.3, 0.4) is 0 Å². The summed E-state index contributed by atoms with van der Waals surface area (Å²) in [5.41, 5.74) is -0.150. The average molecular weight is 422 g/mol. The number of carbonyl (C=O) groups excluding carboxylic acids is 2. The highest BCUT2D eigenvalue weighted by molar-refractivity contribution is 5.97. The van der Waals surface area contributed by atoms with E-state index >= 15 is 0 Å². The molecule has 3 rings (SSSR count). The van der Waals surface area contributed by atoms with Crippen LogP contribution in [0.1, 0.15) is 10.4 Å². The lowest BCUT2D eigenvalue weighted by Gasteiger charge is -2.09. The van der Waals surface area contributed by atoms with E-state index in [1.807, 2.05) is 18.2 Å². The number of nitro groups is 1. The Morgan fingerprint density at radius 1 is 0.935 bits per heavy atom. The highest BCUT2D eigenvalue weighted by Gasteiger charge is 2.18. The van der Waals surface area contributed by atoms with Gasteiger partial charge in [-0.15, -0.1) is 0 Å². The Hall–Kier alpha value is -4.40. The molecule has 0 unspecified atom stereocenters. The average Bonchev–Trinajstić information content (AvgIpc) is 2.78. The van der Waals surface area contributed by atoms with E-state index < -0.39 is 23.4 Å². The molecule has 1 amide bonds. The fraction of sp³-hybridized carbons (Fsp3) is 0.0909. The van der Waals surface area contributed by atoms with Crippen molar-refractivity contribution in [3.63, 3.8) is 0 Å². The second kappa shape index (κ2) is 9.88. The van der Waals surface area contributed by atoms with Gasteiger partial charge < -0.3 is 19.5 Å². The zero-order valence-corrected chi connectivity index (χ0v) is 16.4. The molecule has 0 aromatic heterocycles. The molecule has 0 aliphatic heterocycles. The summed E-state index contributed by atoms with van der Waals surface area (Å²) in [7, 11) is 1.39. The third kappa shape index (κ3) is 5.80. The monoisotopic (exact) mass is 422 g/mol. The number of nitrogens with one attached hydrogen (secondary N) is 1. The number of anilines is 1. The molecule has 158 valence electrons. The van der Waals surface area contributed by atoms with Gasteiger partial charge in [-0.2, -0.15) is 0 Å². The molecule has 0 spiro atoms. The van der Waals surface area contributed by atoms with Crippen LogP contribution < -0.4 is 14.8 Å². The van der Waals surface area contributed by atoms with Crippen LogP contribution in [-0.4, -0.2) is 30.5 Å². The van der Waals surface area contributed by atoms with Crippen LogP contribution in [0.4, 0.5) is 11.4 Å². The first-order chi connectivity index (χ1) is 15.0. The number of ether oxygens (including phenoxy) is 3. The van der Waals surface area contributed by atoms with Gasteiger partial charge in [0.05, 0.1) is 17.6 Å². The quantitative estimate of drug-likeness (QED) is 0.329. The van der Waals surface area contributed by atoms with Crippen molar-refractivity contribution in [2.24, 2.45) is 0 Å². The number of esters is 1. The Kier molecular flexibility index (Phi) is 6.79. The summed E-state index contributed by atoms with van der Waals surface area (Å²) in [6.45, 7) is -0.616. The Morgan fingerprint density at radius 2 is 1.58 bits per heavy atom. The normalized spacial score (nSPS) is 10.1. The van der Waals surface area contributed by atoms with Crippen LogP contribution in [-0.2, 0) is 9.53 Å². The lowest BCUT2D eigenvalue weighted by Crippen LogP contribution is -2.21. The first-order valence-electron chi connectivity index (χ1n) is 9.08. The summed E-state index contributed by atoms with van der Waals surface area (Å²) >= 11 is 0. The molecule has 0 saturated carbocycles. The number of hydrogen-bond donors (Lipinski definition) is 1. The number of benzene rings is 3. The fourth-order valence-electron chi connectivity index (χ4n) is 2.59. The van der Waals surface area contributed by atoms with Gasteiger partial charge in [-0.1, -0.05) is 18.2 Å². The SMILES string of the molecule is COc1ccc([N+](=O)[O-])c(NC(=O)COC(=O)c2ccc(Oc3ccccc3)cc2)c1. The molecule has 0 atom stereocenters. The first kappa shape index (κ1) is 21.3. The predicted octanol–water partition coefficient (Wildman–Crippen LogP) is 4.19. The van der Waals surface area contributed by atoms with Crippen molar-refractivity contribution in [1.82, 2.24) is 0 Å². The predicted molar refractivity (Wildman–Crippen MR) is 112 cm³/mol. The number of carbonyl (C=O) groups is 2. The van der Waals surface area contributed by atoms with E-state index in [0.717, 1.165) is 0 Å². The van der Waals surface area contributed by atoms with Crippen molar-refractivity contribution < 1.29 is 28.7 Å². The van der Waals surface area contributed by atoms with Gasteiger partial charge in [0.25, 0.3) is 11.6 Å². The molecule has 3 aromatic carbocycles. The van der Waals surface area contributed by atoms with Gasteiger partial charge >= 0.3 is 5.97 Å². The lowest BCUT2D eigenvalue weighted by atomic mass is 10.2. The number of methoxy groups -OCH3 is 1. The third-order valence-corrected chi connectivity index (χ3v) is 4.08. The first-order valence-corrected chi connectivity index (χ1v) is 9.08. The second-order valence-electron chi connectivity index (χ2n) is 6.20. The molecule has 9 heteroatoms. The van der Waals surface area contributed by atoms with Gasteiger partial charge in [-0.05, 0) is 42.5 Å². The molecule has 0 saturated heterocycles. The number of nitrogens with zero attached hydrogens (tertiary/aromatic N) is 1. The highest BCUT2D eigenvalue weighted by atomic mass is 16.6. The summed E-state index contributed by atoms with van der Waals surface area (Å²) in [5.74, 6) is 0.0676. The van der Waals surface area contributed by atoms with Crippen LogP contribution in [0.2, 0.25) is 0 Å². The number of para-hydroxylation sites is 1. The van der Waals surface area contributed by atoms with E-state index in [2.05, 4.69) is 5.32 Å². The van der Waals surface area contributed by atoms with E-state index in [0.29, 0.717) is 17.2 Å². The van der Waals surface area contributed by atoms with Crippen LogP contribution in [0.25, 0.3) is 0 Å². The van der Waals surface area contributed by atoms with E-state index in [4.69, 9.17) is 14.2 Å². The Morgan fingerprint density at radius 3 is 2.23 bits per heavy atom. The molecule has 9 nitrogen and oxygen atoms in total. The largest absolute Gasteiger partial charge is 0.497 e. The summed E-state index contributed by atoms with van der Waals surface area (Å²) in [4.78, 5) is 34.8. The minimum Gasteiger partial charge on any atom is -0.497 e. The Bertz CT molecular complexity index is 1080. The van der Waals surface area contributed by atoms with Crippen molar-refractivity contribution in [2.45, 2.75) is 0 Å². The van der Waals surface area contributed by atoms with Crippen LogP contribution >= 0.6 is 0 Å². The van der Waals surface area contributed by atoms with Crippen molar-refractivity contribution in [1.29, 1.82) is 0 Å². The Labute approximate surface area is 177 Å². The zero-order valence-electron chi connectivity index (χ0n) is 16.4. The molecule has 1 N–H and O–H groups in total. The summed E-state index contributed by atoms with van der Waals surface area (Å²) in [6, 6.07) is 19.3. The second-order valence-corrected chi connectivity index (χ2v) is 6.20. The van der Waals surface area contributed by atoms with Gasteiger partial charge in [-0.3, -0.25) is 14.9 Å². The van der Waals surface area contributed by atoms with E-state index in [1.165, 1.54) is 37.4 Å². The molecule has 0 fully saturated rings. The number of hydrogen-bond acceptors (Lipinski definition) is 7. The molecule has 0 aliphatic rings. The van der Waals surface area contributed by atoms with Crippen molar-refractivity contribution >= 4 is 23.3 Å². The van der Waals surface area contributed by atoms with Gasteiger partial charge in [0.15, 0.2) is 6.61 Å². The van der Waals surface area contributed by atoms with E-state index in [1.54, 1.807) is 24.3 Å². The number of nitro benzene ring substituents is 1. The topological polar surface area (TPSA) is 117 Å². The molecular weight excluding hydrogens is 404 g/mol. The lowest BCUT2D eigenvalue weighted by molar-refractivity contribution is -0.383. The summed E-state index contributed by atoms with van der Waals surface area (Å²) in [5, 5.41) is 13.5. The molecule has 31 heavy (non-hydrogen) atoms. The van der Waals surface area contributed by atoms with Gasteiger partial charge in [0, 0.05) is 12.1 Å². The summed E-state index contributed by atoms with van der Waals surface area (Å²) in [6.07, 6.45) is 0. The minimum absolute atomic E-state index is 0.0622. The molecule has 0 radical (unpaired) electrons. The molecule has 0 heterocycles. The maximum Gasteiger partial charge on any atom is 0.338 e. The smallest absolute Gasteiger partial charge is 0.338 e. The van der Waals surface area contributed by atoms with Crippen LogP contribution in [0.5, 0.6) is 17.2 Å². The van der Waals surface area contributed by atoms with E-state index in [-0.39, 0.29) is 16.9 Å². The molecule has 0 aliphatic carbocycles. The van der Waals surface area contributed by atoms with Gasteiger partial charge in [-0.25, -0.2) is 4.79 Å². The number of amides is 1. The van der Waals surface area contributed by atoms with Gasteiger partial charge in [0.1, 0.15) is 22.9 Å². The van der Waals surface area contributed by atoms with Crippen molar-refractivity contribution in [2.75, 3.05) is 19.0 Å². The highest BCUT2D eigenvalue weighted by Crippen LogP contribution is 2.28. The van der Waals surface area contributed by atoms with Gasteiger partial charge in [0.2, 0.25) is 0 Å².